The number of para-hydroxylation sites is 1. The van der Waals surface area contributed by atoms with E-state index in [0.717, 1.165) is 0 Å². The summed E-state index contributed by atoms with van der Waals surface area (Å²) in [7, 11) is 0. The summed E-state index contributed by atoms with van der Waals surface area (Å²) in [6, 6.07) is 5.89. The van der Waals surface area contributed by atoms with Crippen LogP contribution in [0.1, 0.15) is 19.3 Å². The lowest BCUT2D eigenvalue weighted by Gasteiger charge is -2.37. The van der Waals surface area contributed by atoms with Crippen molar-refractivity contribution in [2.75, 3.05) is 24.6 Å². The van der Waals surface area contributed by atoms with Gasteiger partial charge in [0, 0.05) is 24.5 Å². The lowest BCUT2D eigenvalue weighted by atomic mass is 9.70. The Balaban J connectivity index is 1.79. The predicted molar refractivity (Wildman–Crippen MR) is 125 cm³/mol. The zero-order chi connectivity index (χ0) is 23.9. The van der Waals surface area contributed by atoms with Gasteiger partial charge in [-0.1, -0.05) is 45.7 Å². The average molecular weight is 542 g/mol. The van der Waals surface area contributed by atoms with Crippen molar-refractivity contribution in [3.63, 3.8) is 0 Å². The van der Waals surface area contributed by atoms with Crippen molar-refractivity contribution in [2.45, 2.75) is 41.8 Å². The van der Waals surface area contributed by atoms with Gasteiger partial charge in [0.25, 0.3) is 5.91 Å². The van der Waals surface area contributed by atoms with Crippen molar-refractivity contribution in [3.8, 4) is 0 Å². The number of anilines is 1. The summed E-state index contributed by atoms with van der Waals surface area (Å²) in [5.41, 5.74) is -0.778. The number of fused-ring (bicyclic) bond motifs is 1. The number of hydrogen-bond acceptors (Lipinski definition) is 5. The first kappa shape index (κ1) is 24.2. The normalized spacial score (nSPS) is 32.2. The Morgan fingerprint density at radius 2 is 2.09 bits per heavy atom. The molecule has 3 unspecified atom stereocenters. The van der Waals surface area contributed by atoms with E-state index in [1.54, 1.807) is 30.3 Å². The van der Waals surface area contributed by atoms with E-state index in [9.17, 15) is 24.6 Å². The molecule has 0 saturated carbocycles. The fourth-order valence-corrected chi connectivity index (χ4v) is 6.76. The topological polar surface area (TPSA) is 107 Å². The summed E-state index contributed by atoms with van der Waals surface area (Å²) in [5, 5.41) is 19.5. The third kappa shape index (κ3) is 3.79. The van der Waals surface area contributed by atoms with E-state index < -0.39 is 47.4 Å². The van der Waals surface area contributed by atoms with E-state index in [1.807, 2.05) is 0 Å². The standard InChI is InChI=1S/C23H26BrClN2O6/c1-2-9-26(15-8-4-3-7-14(15)25)21(30)19-23-12-13(24)18(33-23)16(22(31)32)17(23)20(29)27(19)10-5-6-11-28/h2-4,7-8,13,16-19,28H,1,5-6,9-12H2,(H,31,32)/t13?,16-,17+,18-,19?,23?/m1/s1. The lowest BCUT2D eigenvalue weighted by molar-refractivity contribution is -0.149. The van der Waals surface area contributed by atoms with Gasteiger partial charge < -0.3 is 24.7 Å². The number of rotatable bonds is 9. The molecule has 33 heavy (non-hydrogen) atoms. The molecule has 10 heteroatoms. The highest BCUT2D eigenvalue weighted by Gasteiger charge is 2.76. The van der Waals surface area contributed by atoms with Gasteiger partial charge in [0.05, 0.1) is 28.6 Å². The summed E-state index contributed by atoms with van der Waals surface area (Å²) < 4.78 is 6.26. The Hall–Kier alpha value is -1.94. The second-order valence-corrected chi connectivity index (χ2v) is 10.2. The number of halogens is 2. The molecule has 178 valence electrons. The molecule has 1 aromatic rings. The number of unbranched alkanes of at least 4 members (excludes halogenated alkanes) is 1. The van der Waals surface area contributed by atoms with Crippen LogP contribution in [0.4, 0.5) is 5.69 Å². The molecule has 6 atom stereocenters. The van der Waals surface area contributed by atoms with Crippen molar-refractivity contribution < 1.29 is 29.3 Å². The first-order valence-electron chi connectivity index (χ1n) is 10.9. The van der Waals surface area contributed by atoms with E-state index in [-0.39, 0.29) is 24.5 Å². The van der Waals surface area contributed by atoms with Gasteiger partial charge in [0.15, 0.2) is 0 Å². The van der Waals surface area contributed by atoms with E-state index in [4.69, 9.17) is 16.3 Å². The molecule has 0 aromatic heterocycles. The highest BCUT2D eigenvalue weighted by Crippen LogP contribution is 2.60. The first-order chi connectivity index (χ1) is 15.8. The summed E-state index contributed by atoms with van der Waals surface area (Å²) in [4.78, 5) is 42.5. The summed E-state index contributed by atoms with van der Waals surface area (Å²) in [6.45, 7) is 4.08. The molecule has 3 aliphatic heterocycles. The number of carbonyl (C=O) groups excluding carboxylic acids is 2. The highest BCUT2D eigenvalue weighted by atomic mass is 79.9. The van der Waals surface area contributed by atoms with Gasteiger partial charge in [-0.05, 0) is 31.4 Å². The second-order valence-electron chi connectivity index (χ2n) is 8.65. The number of ether oxygens (including phenoxy) is 1. The van der Waals surface area contributed by atoms with Gasteiger partial charge in [0.2, 0.25) is 5.91 Å². The Morgan fingerprint density at radius 3 is 2.73 bits per heavy atom. The zero-order valence-corrected chi connectivity index (χ0v) is 20.2. The summed E-state index contributed by atoms with van der Waals surface area (Å²) >= 11 is 9.92. The molecule has 3 fully saturated rings. The van der Waals surface area contributed by atoms with Gasteiger partial charge >= 0.3 is 5.97 Å². The van der Waals surface area contributed by atoms with Crippen LogP contribution in [0.25, 0.3) is 0 Å². The lowest BCUT2D eigenvalue weighted by Crippen LogP contribution is -2.57. The number of likely N-dealkylation sites (tertiary alicyclic amines) is 1. The number of carbonyl (C=O) groups is 3. The Labute approximate surface area is 205 Å². The quantitative estimate of drug-likeness (QED) is 0.283. The van der Waals surface area contributed by atoms with E-state index in [0.29, 0.717) is 30.0 Å². The van der Waals surface area contributed by atoms with Crippen LogP contribution < -0.4 is 4.90 Å². The first-order valence-corrected chi connectivity index (χ1v) is 12.2. The monoisotopic (exact) mass is 540 g/mol. The summed E-state index contributed by atoms with van der Waals surface area (Å²) in [6.07, 6.45) is 2.15. The zero-order valence-electron chi connectivity index (χ0n) is 17.9. The van der Waals surface area contributed by atoms with Crippen molar-refractivity contribution in [2.24, 2.45) is 11.8 Å². The molecule has 8 nitrogen and oxygen atoms in total. The molecule has 0 aliphatic carbocycles. The van der Waals surface area contributed by atoms with Crippen LogP contribution in [0.5, 0.6) is 0 Å². The third-order valence-corrected chi connectivity index (χ3v) is 8.00. The minimum absolute atomic E-state index is 0.0444. The number of aliphatic hydroxyl groups is 1. The van der Waals surface area contributed by atoms with Crippen LogP contribution in [-0.4, -0.2) is 75.2 Å². The third-order valence-electron chi connectivity index (χ3n) is 6.84. The van der Waals surface area contributed by atoms with Crippen molar-refractivity contribution >= 4 is 51.0 Å². The number of amides is 2. The number of alkyl halides is 1. The van der Waals surface area contributed by atoms with E-state index >= 15 is 0 Å². The molecular formula is C23H26BrClN2O6. The number of carboxylic acid groups (broad SMARTS) is 1. The smallest absolute Gasteiger partial charge is 0.310 e. The number of hydrogen-bond donors (Lipinski definition) is 2. The van der Waals surface area contributed by atoms with Crippen LogP contribution >= 0.6 is 27.5 Å². The molecule has 2 N–H and O–H groups in total. The predicted octanol–water partition coefficient (Wildman–Crippen LogP) is 2.46. The Bertz CT molecular complexity index is 976. The van der Waals surface area contributed by atoms with Gasteiger partial charge in [0.1, 0.15) is 11.6 Å². The van der Waals surface area contributed by atoms with Gasteiger partial charge in [-0.25, -0.2) is 0 Å². The summed E-state index contributed by atoms with van der Waals surface area (Å²) in [5.74, 6) is -3.88. The van der Waals surface area contributed by atoms with Crippen LogP contribution in [0.2, 0.25) is 5.02 Å². The van der Waals surface area contributed by atoms with Crippen LogP contribution in [0.15, 0.2) is 36.9 Å². The van der Waals surface area contributed by atoms with Gasteiger partial charge in [-0.15, -0.1) is 6.58 Å². The Kier molecular flexibility index (Phi) is 6.87. The van der Waals surface area contributed by atoms with Crippen LogP contribution in [0, 0.1) is 11.8 Å². The number of benzene rings is 1. The Morgan fingerprint density at radius 1 is 1.36 bits per heavy atom. The fourth-order valence-electron chi connectivity index (χ4n) is 5.58. The number of aliphatic carboxylic acids is 1. The average Bonchev–Trinajstić information content (AvgIpc) is 3.36. The van der Waals surface area contributed by atoms with E-state index in [1.165, 1.54) is 9.80 Å². The number of carboxylic acids is 1. The van der Waals surface area contributed by atoms with Gasteiger partial charge in [-0.2, -0.15) is 0 Å². The molecule has 2 amide bonds. The molecule has 4 rings (SSSR count). The molecule has 3 saturated heterocycles. The maximum Gasteiger partial charge on any atom is 0.310 e. The molecule has 1 spiro atoms. The molecular weight excluding hydrogens is 516 g/mol. The molecule has 2 bridgehead atoms. The van der Waals surface area contributed by atoms with Gasteiger partial charge in [-0.3, -0.25) is 14.4 Å². The molecule has 0 radical (unpaired) electrons. The van der Waals surface area contributed by atoms with Crippen molar-refractivity contribution in [1.82, 2.24) is 4.90 Å². The minimum Gasteiger partial charge on any atom is -0.481 e. The number of nitrogens with zero attached hydrogens (tertiary/aromatic N) is 2. The minimum atomic E-state index is -1.25. The second kappa shape index (κ2) is 9.37. The highest BCUT2D eigenvalue weighted by molar-refractivity contribution is 9.09. The van der Waals surface area contributed by atoms with Crippen LogP contribution in [-0.2, 0) is 19.1 Å². The van der Waals surface area contributed by atoms with E-state index in [2.05, 4.69) is 22.5 Å². The molecule has 1 aromatic carbocycles. The van der Waals surface area contributed by atoms with Crippen molar-refractivity contribution in [1.29, 1.82) is 0 Å². The fraction of sp³-hybridized carbons (Fsp3) is 0.522. The number of aliphatic hydroxyl groups excluding tert-OH is 1. The van der Waals surface area contributed by atoms with Crippen LogP contribution in [0.3, 0.4) is 0 Å². The maximum atomic E-state index is 14.1. The maximum absolute atomic E-state index is 14.1. The molecule has 3 aliphatic rings. The SMILES string of the molecule is C=CCN(C(=O)C1N(CCCCO)C(=O)[C@@H]2[C@@H](C(=O)O)[C@@H]3OC12CC3Br)c1ccccc1Cl. The molecule has 3 heterocycles. The van der Waals surface area contributed by atoms with Crippen molar-refractivity contribution in [3.05, 3.63) is 41.9 Å². The largest absolute Gasteiger partial charge is 0.481 e.